The Labute approximate surface area is 124 Å². The van der Waals surface area contributed by atoms with E-state index in [2.05, 4.69) is 5.10 Å². The summed E-state index contributed by atoms with van der Waals surface area (Å²) in [6.45, 7) is 6.05. The summed E-state index contributed by atoms with van der Waals surface area (Å²) in [5.74, 6) is 0.387. The third kappa shape index (κ3) is 3.82. The fraction of sp³-hybridized carbons (Fsp3) is 0.438. The zero-order chi connectivity index (χ0) is 15.4. The molecule has 1 atom stereocenters. The van der Waals surface area contributed by atoms with Crippen LogP contribution in [0.2, 0.25) is 0 Å². The van der Waals surface area contributed by atoms with Crippen molar-refractivity contribution in [2.24, 2.45) is 5.73 Å². The highest BCUT2D eigenvalue weighted by atomic mass is 19.1. The molecule has 0 aliphatic heterocycles. The van der Waals surface area contributed by atoms with Gasteiger partial charge >= 0.3 is 0 Å². The second-order valence-corrected chi connectivity index (χ2v) is 5.45. The molecule has 0 spiro atoms. The quantitative estimate of drug-likeness (QED) is 0.883. The summed E-state index contributed by atoms with van der Waals surface area (Å²) in [6.07, 6.45) is 4.78. The van der Waals surface area contributed by atoms with Crippen LogP contribution in [0.15, 0.2) is 30.6 Å². The molecule has 2 N–H and O–H groups in total. The van der Waals surface area contributed by atoms with Crippen LogP contribution in [0.5, 0.6) is 11.5 Å². The van der Waals surface area contributed by atoms with Gasteiger partial charge in [-0.2, -0.15) is 5.10 Å². The molecule has 0 saturated heterocycles. The molecular weight excluding hydrogens is 269 g/mol. The topological polar surface area (TPSA) is 53.1 Å². The van der Waals surface area contributed by atoms with Crippen molar-refractivity contribution < 1.29 is 9.13 Å². The summed E-state index contributed by atoms with van der Waals surface area (Å²) in [4.78, 5) is 0. The minimum Gasteiger partial charge on any atom is -0.451 e. The number of rotatable bonds is 6. The zero-order valence-corrected chi connectivity index (χ0v) is 12.7. The molecule has 0 amide bonds. The number of nitrogens with zero attached hydrogens (tertiary/aromatic N) is 2. The van der Waals surface area contributed by atoms with Crippen LogP contribution in [0.1, 0.15) is 38.8 Å². The summed E-state index contributed by atoms with van der Waals surface area (Å²) in [7, 11) is 0. The summed E-state index contributed by atoms with van der Waals surface area (Å²) in [6, 6.07) is 5.14. The maximum absolute atomic E-state index is 14.1. The Balaban J connectivity index is 2.25. The Morgan fingerprint density at radius 1 is 1.38 bits per heavy atom. The molecular formula is C16H22FN3O. The fourth-order valence-electron chi connectivity index (χ4n) is 2.03. The Bertz CT molecular complexity index is 595. The van der Waals surface area contributed by atoms with Gasteiger partial charge in [0.2, 0.25) is 0 Å². The number of aromatic nitrogens is 2. The van der Waals surface area contributed by atoms with Gasteiger partial charge in [-0.15, -0.1) is 0 Å². The molecule has 0 radical (unpaired) electrons. The molecule has 2 rings (SSSR count). The van der Waals surface area contributed by atoms with E-state index in [1.165, 1.54) is 6.07 Å². The van der Waals surface area contributed by atoms with E-state index >= 15 is 0 Å². The van der Waals surface area contributed by atoms with E-state index in [-0.39, 0.29) is 23.7 Å². The van der Waals surface area contributed by atoms with Gasteiger partial charge < -0.3 is 10.5 Å². The highest BCUT2D eigenvalue weighted by molar-refractivity contribution is 5.38. The van der Waals surface area contributed by atoms with E-state index < -0.39 is 0 Å². The van der Waals surface area contributed by atoms with E-state index in [1.807, 2.05) is 26.8 Å². The smallest absolute Gasteiger partial charge is 0.166 e. The molecule has 0 aliphatic rings. The van der Waals surface area contributed by atoms with Crippen LogP contribution in [-0.4, -0.2) is 15.8 Å². The minimum atomic E-state index is -0.381. The van der Waals surface area contributed by atoms with Crippen molar-refractivity contribution in [1.82, 2.24) is 9.78 Å². The number of halogens is 1. The van der Waals surface area contributed by atoms with Crippen LogP contribution >= 0.6 is 0 Å². The van der Waals surface area contributed by atoms with Gasteiger partial charge in [0.05, 0.1) is 12.4 Å². The minimum absolute atomic E-state index is 0.00691. The second kappa shape index (κ2) is 6.72. The molecule has 1 heterocycles. The van der Waals surface area contributed by atoms with Gasteiger partial charge in [0.1, 0.15) is 0 Å². The lowest BCUT2D eigenvalue weighted by Gasteiger charge is -2.14. The Morgan fingerprint density at radius 3 is 2.76 bits per heavy atom. The van der Waals surface area contributed by atoms with E-state index in [0.29, 0.717) is 12.2 Å². The molecule has 0 saturated carbocycles. The Kier molecular flexibility index (Phi) is 4.96. The lowest BCUT2D eigenvalue weighted by atomic mass is 10.0. The standard InChI is InChI=1S/C16H22FN3O/c1-4-13(18)8-12-6-5-7-15(17)16(12)21-14-9-19-20(10-14)11(2)3/h5-7,9-11,13H,4,8,18H2,1-3H3. The summed E-state index contributed by atoms with van der Waals surface area (Å²) in [5.41, 5.74) is 6.75. The van der Waals surface area contributed by atoms with Gasteiger partial charge in [-0.05, 0) is 38.3 Å². The van der Waals surface area contributed by atoms with Crippen molar-refractivity contribution in [3.8, 4) is 11.5 Å². The summed E-state index contributed by atoms with van der Waals surface area (Å²) < 4.78 is 21.5. The zero-order valence-electron chi connectivity index (χ0n) is 12.7. The molecule has 1 aromatic carbocycles. The number of ether oxygens (including phenoxy) is 1. The van der Waals surface area contributed by atoms with Crippen LogP contribution in [0.3, 0.4) is 0 Å². The van der Waals surface area contributed by atoms with Gasteiger partial charge in [0, 0.05) is 12.1 Å². The maximum Gasteiger partial charge on any atom is 0.166 e. The van der Waals surface area contributed by atoms with Crippen molar-refractivity contribution in [1.29, 1.82) is 0 Å². The largest absolute Gasteiger partial charge is 0.451 e. The second-order valence-electron chi connectivity index (χ2n) is 5.45. The van der Waals surface area contributed by atoms with Gasteiger partial charge in [0.25, 0.3) is 0 Å². The predicted molar refractivity (Wildman–Crippen MR) is 81.1 cm³/mol. The number of hydrogen-bond donors (Lipinski definition) is 1. The predicted octanol–water partition coefficient (Wildman–Crippen LogP) is 3.68. The summed E-state index contributed by atoms with van der Waals surface area (Å²) in [5, 5.41) is 4.19. The third-order valence-electron chi connectivity index (χ3n) is 3.38. The Morgan fingerprint density at radius 2 is 2.14 bits per heavy atom. The highest BCUT2D eigenvalue weighted by Gasteiger charge is 2.14. The molecule has 2 aromatic rings. The number of hydrogen-bond acceptors (Lipinski definition) is 3. The van der Waals surface area contributed by atoms with Crippen LogP contribution in [0.25, 0.3) is 0 Å². The lowest BCUT2D eigenvalue weighted by Crippen LogP contribution is -2.21. The van der Waals surface area contributed by atoms with Crippen molar-refractivity contribution in [3.05, 3.63) is 42.0 Å². The number of para-hydroxylation sites is 1. The molecule has 0 bridgehead atoms. The lowest BCUT2D eigenvalue weighted by molar-refractivity contribution is 0.431. The average Bonchev–Trinajstić information content (AvgIpc) is 2.91. The SMILES string of the molecule is CCC(N)Cc1cccc(F)c1Oc1cnn(C(C)C)c1. The monoisotopic (exact) mass is 291 g/mol. The molecule has 5 heteroatoms. The summed E-state index contributed by atoms with van der Waals surface area (Å²) >= 11 is 0. The Hall–Kier alpha value is -1.88. The molecule has 21 heavy (non-hydrogen) atoms. The van der Waals surface area contributed by atoms with E-state index in [0.717, 1.165) is 12.0 Å². The van der Waals surface area contributed by atoms with Crippen molar-refractivity contribution in [2.45, 2.75) is 45.7 Å². The number of nitrogens with two attached hydrogens (primary N) is 1. The van der Waals surface area contributed by atoms with E-state index in [9.17, 15) is 4.39 Å². The van der Waals surface area contributed by atoms with Crippen molar-refractivity contribution in [2.75, 3.05) is 0 Å². The van der Waals surface area contributed by atoms with Crippen LogP contribution < -0.4 is 10.5 Å². The van der Waals surface area contributed by atoms with Gasteiger partial charge in [0.15, 0.2) is 17.3 Å². The van der Waals surface area contributed by atoms with Crippen molar-refractivity contribution in [3.63, 3.8) is 0 Å². The van der Waals surface area contributed by atoms with Gasteiger partial charge in [-0.3, -0.25) is 4.68 Å². The highest BCUT2D eigenvalue weighted by Crippen LogP contribution is 2.29. The molecule has 1 unspecified atom stereocenters. The molecule has 4 nitrogen and oxygen atoms in total. The first-order chi connectivity index (χ1) is 10.0. The van der Waals surface area contributed by atoms with Gasteiger partial charge in [-0.1, -0.05) is 19.1 Å². The molecule has 1 aromatic heterocycles. The van der Waals surface area contributed by atoms with Crippen LogP contribution in [-0.2, 0) is 6.42 Å². The fourth-order valence-corrected chi connectivity index (χ4v) is 2.03. The number of benzene rings is 1. The van der Waals surface area contributed by atoms with Gasteiger partial charge in [-0.25, -0.2) is 4.39 Å². The normalized spacial score (nSPS) is 12.7. The van der Waals surface area contributed by atoms with E-state index in [1.54, 1.807) is 23.1 Å². The van der Waals surface area contributed by atoms with Crippen LogP contribution in [0, 0.1) is 5.82 Å². The molecule has 0 aliphatic carbocycles. The molecule has 114 valence electrons. The van der Waals surface area contributed by atoms with E-state index in [4.69, 9.17) is 10.5 Å². The first-order valence-corrected chi connectivity index (χ1v) is 7.26. The molecule has 0 fully saturated rings. The van der Waals surface area contributed by atoms with Crippen LogP contribution in [0.4, 0.5) is 4.39 Å². The first kappa shape index (κ1) is 15.5. The van der Waals surface area contributed by atoms with Crippen molar-refractivity contribution >= 4 is 0 Å². The first-order valence-electron chi connectivity index (χ1n) is 7.26. The maximum atomic E-state index is 14.1. The average molecular weight is 291 g/mol. The third-order valence-corrected chi connectivity index (χ3v) is 3.38.